The first-order valence-corrected chi connectivity index (χ1v) is 13.9. The molecule has 10 nitrogen and oxygen atoms in total. The van der Waals surface area contributed by atoms with E-state index in [0.717, 1.165) is 12.1 Å². The van der Waals surface area contributed by atoms with E-state index in [0.29, 0.717) is 19.0 Å². The maximum absolute atomic E-state index is 12.8. The average molecular weight is 867 g/mol. The number of carboxylic acids is 1. The van der Waals surface area contributed by atoms with Gasteiger partial charge in [0.05, 0.1) is 19.8 Å². The molecule has 0 radical (unpaired) electrons. The van der Waals surface area contributed by atoms with Gasteiger partial charge in [-0.05, 0) is 77.5 Å². The molecule has 0 aliphatic carbocycles. The van der Waals surface area contributed by atoms with Crippen LogP contribution in [0, 0.1) is 24.4 Å². The molecule has 1 N–H and O–H groups in total. The molecule has 0 fully saturated rings. The second kappa shape index (κ2) is 26.6. The maximum atomic E-state index is 12.8. The summed E-state index contributed by atoms with van der Waals surface area (Å²) in [5.41, 5.74) is 0.454. The number of rotatable bonds is 5. The number of ether oxygens (including phenoxy) is 2. The molecule has 0 saturated carbocycles. The Bertz CT molecular complexity index is 1470. The van der Waals surface area contributed by atoms with Crippen molar-refractivity contribution in [1.29, 1.82) is 0 Å². The molecular formula is C29H23Br3F3KO10. The van der Waals surface area contributed by atoms with Gasteiger partial charge in [-0.25, -0.2) is 18.0 Å². The standard InChI is InChI=1S/C10H8BrFO3.C8H6BrFO.C7H4BrFO2.C3H5O2.CO2.K/c1-15-10(14)5-9(13)7-4-6(12)2-3-8(7)11;1-5(11)7-4-6(10)2-3-8(7)9;8-6-2-1-4(9)3-5(6)7(10)11;1-3(4)5-2;2-1-3;/h2-4H,5H2,1H3;2-4H,1H3;1-3H,(H,10,11);1H2,2H3;;/q;;;-1;;+1. The Morgan fingerprint density at radius 1 is 0.739 bits per heavy atom. The number of halogens is 6. The SMILES string of the molecule is CC(=O)c1cc(F)ccc1Br.COC(=O)CC(=O)c1cc(F)ccc1Br.O=C(O)c1cc(F)ccc1Br.O=C=O.[CH2-]C(=O)OC.[K+]. The van der Waals surface area contributed by atoms with Crippen molar-refractivity contribution in [1.82, 2.24) is 0 Å². The van der Waals surface area contributed by atoms with Crippen molar-refractivity contribution in [2.75, 3.05) is 14.2 Å². The smallest absolute Gasteiger partial charge is 0.492 e. The van der Waals surface area contributed by atoms with Crippen LogP contribution in [0.4, 0.5) is 13.2 Å². The van der Waals surface area contributed by atoms with Crippen LogP contribution in [0.1, 0.15) is 44.4 Å². The molecule has 242 valence electrons. The Balaban J connectivity index is -0.000000540. The molecule has 0 amide bonds. The van der Waals surface area contributed by atoms with Crippen LogP contribution in [0.15, 0.2) is 68.0 Å². The van der Waals surface area contributed by atoms with E-state index in [1.165, 1.54) is 63.6 Å². The number of hydrogen-bond acceptors (Lipinski definition) is 9. The van der Waals surface area contributed by atoms with Crippen molar-refractivity contribution in [2.45, 2.75) is 13.3 Å². The van der Waals surface area contributed by atoms with Gasteiger partial charge in [-0.2, -0.15) is 9.59 Å². The predicted molar refractivity (Wildman–Crippen MR) is 163 cm³/mol. The molecule has 0 saturated heterocycles. The van der Waals surface area contributed by atoms with Crippen molar-refractivity contribution in [3.63, 3.8) is 0 Å². The third-order valence-electron chi connectivity index (χ3n) is 4.46. The third kappa shape index (κ3) is 21.3. The van der Waals surface area contributed by atoms with Gasteiger partial charge in [0.2, 0.25) is 0 Å². The van der Waals surface area contributed by atoms with E-state index in [4.69, 9.17) is 14.7 Å². The van der Waals surface area contributed by atoms with Gasteiger partial charge in [0.15, 0.2) is 17.5 Å². The summed E-state index contributed by atoms with van der Waals surface area (Å²) in [5, 5.41) is 8.49. The van der Waals surface area contributed by atoms with Gasteiger partial charge in [0, 0.05) is 24.5 Å². The van der Waals surface area contributed by atoms with Crippen molar-refractivity contribution < 1.29 is 113 Å². The van der Waals surface area contributed by atoms with E-state index in [1.807, 2.05) is 0 Å². The van der Waals surface area contributed by atoms with E-state index in [2.05, 4.69) is 64.2 Å². The molecule has 0 atom stereocenters. The van der Waals surface area contributed by atoms with Crippen molar-refractivity contribution in [3.05, 3.63) is 109 Å². The van der Waals surface area contributed by atoms with Crippen LogP contribution in [0.25, 0.3) is 0 Å². The maximum Gasteiger partial charge on any atom is 1.00 e. The van der Waals surface area contributed by atoms with Crippen LogP contribution in [0.3, 0.4) is 0 Å². The van der Waals surface area contributed by atoms with Crippen LogP contribution in [0.5, 0.6) is 0 Å². The fraction of sp³-hybridized carbons (Fsp3) is 0.138. The summed E-state index contributed by atoms with van der Waals surface area (Å²) in [6.45, 7) is 4.30. The van der Waals surface area contributed by atoms with Crippen LogP contribution >= 0.6 is 47.8 Å². The summed E-state index contributed by atoms with van der Waals surface area (Å²) in [7, 11) is 2.48. The van der Waals surface area contributed by atoms with Gasteiger partial charge in [-0.3, -0.25) is 26.1 Å². The van der Waals surface area contributed by atoms with E-state index in [1.54, 1.807) is 0 Å². The fourth-order valence-corrected chi connectivity index (χ4v) is 3.85. The second-order valence-electron chi connectivity index (χ2n) is 7.57. The molecule has 3 aromatic carbocycles. The quantitative estimate of drug-likeness (QED) is 0.132. The molecule has 0 heterocycles. The van der Waals surface area contributed by atoms with Gasteiger partial charge in [-0.15, -0.1) is 0 Å². The number of hydrogen-bond donors (Lipinski definition) is 1. The second-order valence-corrected chi connectivity index (χ2v) is 10.1. The monoisotopic (exact) mass is 864 g/mol. The van der Waals surface area contributed by atoms with E-state index in [-0.39, 0.29) is 74.4 Å². The Morgan fingerprint density at radius 3 is 1.35 bits per heavy atom. The molecule has 0 spiro atoms. The van der Waals surface area contributed by atoms with Crippen molar-refractivity contribution in [2.24, 2.45) is 0 Å². The normalized spacial score (nSPS) is 8.72. The number of benzene rings is 3. The fourth-order valence-electron chi connectivity index (χ4n) is 2.44. The van der Waals surface area contributed by atoms with E-state index >= 15 is 0 Å². The summed E-state index contributed by atoms with van der Waals surface area (Å²) in [5.74, 6) is -4.36. The zero-order valence-corrected chi connectivity index (χ0v) is 32.4. The average Bonchev–Trinajstić information content (AvgIpc) is 2.97. The topological polar surface area (TPSA) is 158 Å². The van der Waals surface area contributed by atoms with E-state index < -0.39 is 47.6 Å². The molecule has 46 heavy (non-hydrogen) atoms. The summed E-state index contributed by atoms with van der Waals surface area (Å²) in [4.78, 5) is 69.3. The molecular weight excluding hydrogens is 844 g/mol. The number of carbonyl (C=O) groups excluding carboxylic acids is 6. The van der Waals surface area contributed by atoms with Crippen LogP contribution in [-0.2, 0) is 28.7 Å². The minimum atomic E-state index is -1.14. The number of aromatic carboxylic acids is 1. The molecule has 3 rings (SSSR count). The number of ketones is 2. The van der Waals surface area contributed by atoms with Crippen molar-refractivity contribution in [3.8, 4) is 0 Å². The summed E-state index contributed by atoms with van der Waals surface area (Å²) in [6, 6.07) is 11.3. The Morgan fingerprint density at radius 2 is 1.07 bits per heavy atom. The van der Waals surface area contributed by atoms with Gasteiger partial charge in [-0.1, -0.05) is 31.9 Å². The number of methoxy groups -OCH3 is 2. The van der Waals surface area contributed by atoms with Crippen LogP contribution < -0.4 is 51.4 Å². The van der Waals surface area contributed by atoms with E-state index in [9.17, 15) is 37.1 Å². The third-order valence-corrected chi connectivity index (χ3v) is 6.53. The van der Waals surface area contributed by atoms with Crippen LogP contribution in [0.2, 0.25) is 0 Å². The predicted octanol–water partition coefficient (Wildman–Crippen LogP) is 3.83. The minimum absolute atomic E-state index is 0. The molecule has 0 aromatic heterocycles. The molecule has 0 aliphatic heterocycles. The minimum Gasteiger partial charge on any atom is -0.492 e. The molecule has 0 unspecified atom stereocenters. The number of Topliss-reactive ketones (excluding diaryl/α,β-unsaturated/α-hetero) is 2. The zero-order chi connectivity index (χ0) is 35.3. The first kappa shape index (κ1) is 47.9. The molecule has 0 aliphatic rings. The number of carbonyl (C=O) groups is 5. The first-order chi connectivity index (χ1) is 20.9. The number of carboxylic acid groups (broad SMARTS) is 1. The summed E-state index contributed by atoms with van der Waals surface area (Å²) in [6.07, 6.45) is -0.140. The summed E-state index contributed by atoms with van der Waals surface area (Å²) >= 11 is 9.23. The Labute approximate surface area is 329 Å². The Kier molecular flexibility index (Phi) is 27.7. The van der Waals surface area contributed by atoms with Gasteiger partial charge in [0.1, 0.15) is 23.9 Å². The van der Waals surface area contributed by atoms with Gasteiger partial charge in [0.25, 0.3) is 0 Å². The molecule has 17 heteroatoms. The number of esters is 2. The molecule has 0 bridgehead atoms. The van der Waals surface area contributed by atoms with Gasteiger partial charge >= 0.3 is 69.5 Å². The molecule has 3 aromatic rings. The Hall–Kier alpha value is -2.47. The largest absolute Gasteiger partial charge is 1.00 e. The zero-order valence-electron chi connectivity index (χ0n) is 24.5. The van der Waals surface area contributed by atoms with Gasteiger partial charge < -0.3 is 14.6 Å². The first-order valence-electron chi connectivity index (χ1n) is 11.5. The van der Waals surface area contributed by atoms with Crippen LogP contribution in [-0.4, -0.2) is 55.0 Å². The van der Waals surface area contributed by atoms with Crippen molar-refractivity contribution >= 4 is 83.4 Å². The summed E-state index contributed by atoms with van der Waals surface area (Å²) < 4.78 is 47.6.